The minimum Gasteiger partial charge on any atom is -0.363 e. The SMILES string of the molecule is c1ccc(COn2on2-c2c[nH]c3ccccc23)cc1. The molecule has 0 saturated carbocycles. The predicted octanol–water partition coefficient (Wildman–Crippen LogP) is 2.98. The maximum atomic E-state index is 5.55. The number of nitrogens with one attached hydrogen (secondary N) is 1. The quantitative estimate of drug-likeness (QED) is 0.618. The maximum Gasteiger partial charge on any atom is 0.145 e. The van der Waals surface area contributed by atoms with E-state index in [1.165, 1.54) is 5.02 Å². The van der Waals surface area contributed by atoms with E-state index in [1.54, 1.807) is 4.85 Å². The van der Waals surface area contributed by atoms with Gasteiger partial charge < -0.3 is 9.82 Å². The Kier molecular flexibility index (Phi) is 2.42. The molecule has 2 aromatic heterocycles. The fourth-order valence-electron chi connectivity index (χ4n) is 2.18. The lowest BCUT2D eigenvalue weighted by Crippen LogP contribution is -2.06. The second-order valence-electron chi connectivity index (χ2n) is 4.57. The van der Waals surface area contributed by atoms with Crippen molar-refractivity contribution in [1.82, 2.24) is 14.9 Å². The molecule has 0 aliphatic heterocycles. The van der Waals surface area contributed by atoms with Crippen LogP contribution in [-0.2, 0) is 6.61 Å². The molecule has 0 spiro atoms. The van der Waals surface area contributed by atoms with Crippen LogP contribution in [0.4, 0.5) is 0 Å². The van der Waals surface area contributed by atoms with Gasteiger partial charge in [-0.25, -0.2) is 4.63 Å². The van der Waals surface area contributed by atoms with Crippen LogP contribution >= 0.6 is 0 Å². The molecule has 5 nitrogen and oxygen atoms in total. The molecule has 2 heterocycles. The van der Waals surface area contributed by atoms with E-state index in [0.29, 0.717) is 6.61 Å². The molecule has 5 heteroatoms. The Hall–Kier alpha value is -2.82. The van der Waals surface area contributed by atoms with Crippen LogP contribution in [-0.4, -0.2) is 14.9 Å². The predicted molar refractivity (Wildman–Crippen MR) is 74.6 cm³/mol. The molecule has 0 amide bonds. The second-order valence-corrected chi connectivity index (χ2v) is 4.57. The topological polar surface area (TPSA) is 48.0 Å². The lowest BCUT2D eigenvalue weighted by Gasteiger charge is -1.97. The summed E-state index contributed by atoms with van der Waals surface area (Å²) in [7, 11) is 0. The Morgan fingerprint density at radius 1 is 1.00 bits per heavy atom. The van der Waals surface area contributed by atoms with Crippen molar-refractivity contribution < 1.29 is 9.47 Å². The van der Waals surface area contributed by atoms with Gasteiger partial charge in [0.2, 0.25) is 0 Å². The summed E-state index contributed by atoms with van der Waals surface area (Å²) in [6.07, 6.45) is 1.90. The molecule has 0 aliphatic rings. The van der Waals surface area contributed by atoms with Crippen molar-refractivity contribution in [3.63, 3.8) is 0 Å². The third-order valence-electron chi connectivity index (χ3n) is 3.23. The molecular formula is C15H13N3O2. The second kappa shape index (κ2) is 4.38. The Bertz CT molecular complexity index is 820. The van der Waals surface area contributed by atoms with Gasteiger partial charge in [-0.05, 0) is 16.5 Å². The molecule has 4 rings (SSSR count). The first kappa shape index (κ1) is 11.0. The minimum absolute atomic E-state index is 0.472. The maximum absolute atomic E-state index is 5.55. The molecule has 100 valence electrons. The number of H-pyrrole nitrogens is 1. The number of aromatic nitrogens is 3. The summed E-state index contributed by atoms with van der Waals surface area (Å²) in [5.41, 5.74) is 3.11. The van der Waals surface area contributed by atoms with Gasteiger partial charge in [-0.2, -0.15) is 0 Å². The van der Waals surface area contributed by atoms with Crippen molar-refractivity contribution in [3.05, 3.63) is 66.4 Å². The third kappa shape index (κ3) is 1.89. The molecule has 1 N–H and O–H groups in total. The summed E-state index contributed by atoms with van der Waals surface area (Å²) in [5, 5.41) is 2.47. The smallest absolute Gasteiger partial charge is 0.145 e. The van der Waals surface area contributed by atoms with Gasteiger partial charge in [0.05, 0.1) is 0 Å². The summed E-state index contributed by atoms with van der Waals surface area (Å²) >= 11 is 0. The van der Waals surface area contributed by atoms with Gasteiger partial charge in [-0.1, -0.05) is 48.5 Å². The van der Waals surface area contributed by atoms with E-state index >= 15 is 0 Å². The number of hydrogen-bond donors (Lipinski definition) is 1. The highest BCUT2D eigenvalue weighted by Gasteiger charge is 2.18. The van der Waals surface area contributed by atoms with Gasteiger partial charge in [0, 0.05) is 17.1 Å². The van der Waals surface area contributed by atoms with Gasteiger partial charge in [0.1, 0.15) is 17.3 Å². The monoisotopic (exact) mass is 267 g/mol. The summed E-state index contributed by atoms with van der Waals surface area (Å²) in [6.45, 7) is 0.472. The first-order chi connectivity index (χ1) is 9.92. The number of benzene rings is 2. The van der Waals surface area contributed by atoms with Crippen LogP contribution in [0.15, 0.2) is 65.4 Å². The molecule has 4 aromatic rings. The van der Waals surface area contributed by atoms with E-state index in [-0.39, 0.29) is 0 Å². The van der Waals surface area contributed by atoms with Crippen molar-refractivity contribution in [1.29, 1.82) is 0 Å². The van der Waals surface area contributed by atoms with Gasteiger partial charge in [-0.3, -0.25) is 0 Å². The van der Waals surface area contributed by atoms with Gasteiger partial charge >= 0.3 is 0 Å². The van der Waals surface area contributed by atoms with Crippen LogP contribution < -0.4 is 4.84 Å². The Balaban J connectivity index is 1.53. The highest BCUT2D eigenvalue weighted by atomic mass is 17.0. The van der Waals surface area contributed by atoms with Crippen LogP contribution in [0.2, 0.25) is 0 Å². The average Bonchev–Trinajstić information content (AvgIpc) is 3.15. The van der Waals surface area contributed by atoms with Gasteiger partial charge in [0.15, 0.2) is 0 Å². The fraction of sp³-hybridized carbons (Fsp3) is 0.0667. The highest BCUT2D eigenvalue weighted by molar-refractivity contribution is 5.87. The van der Waals surface area contributed by atoms with Crippen molar-refractivity contribution >= 4 is 10.9 Å². The summed E-state index contributed by atoms with van der Waals surface area (Å²) in [4.78, 5) is 10.4. The lowest BCUT2D eigenvalue weighted by molar-refractivity contribution is 0.0416. The number of para-hydroxylation sites is 1. The van der Waals surface area contributed by atoms with E-state index in [1.807, 2.05) is 60.8 Å². The van der Waals surface area contributed by atoms with Crippen molar-refractivity contribution in [2.75, 3.05) is 0 Å². The highest BCUT2D eigenvalue weighted by Crippen LogP contribution is 2.23. The fourth-order valence-corrected chi connectivity index (χ4v) is 2.18. The number of fused-ring (bicyclic) bond motifs is 1. The van der Waals surface area contributed by atoms with Crippen LogP contribution in [0, 0.1) is 0 Å². The molecule has 0 bridgehead atoms. The van der Waals surface area contributed by atoms with Crippen LogP contribution in [0.3, 0.4) is 0 Å². The van der Waals surface area contributed by atoms with Crippen molar-refractivity contribution in [3.8, 4) is 5.69 Å². The molecular weight excluding hydrogens is 254 g/mol. The molecule has 20 heavy (non-hydrogen) atoms. The molecule has 2 aromatic carbocycles. The lowest BCUT2D eigenvalue weighted by atomic mass is 10.2. The van der Waals surface area contributed by atoms with E-state index < -0.39 is 0 Å². The first-order valence-corrected chi connectivity index (χ1v) is 6.43. The van der Waals surface area contributed by atoms with Crippen LogP contribution in [0.25, 0.3) is 16.6 Å². The standard InChI is InChI=1S/C15H13N3O2/c1-2-6-12(7-3-1)11-19-18-17(20-18)15-10-16-14-9-5-4-8-13(14)15/h1-10,16H,11H2. The Labute approximate surface area is 114 Å². The molecule has 0 radical (unpaired) electrons. The zero-order valence-electron chi connectivity index (χ0n) is 10.7. The molecule has 0 aliphatic carbocycles. The summed E-state index contributed by atoms with van der Waals surface area (Å²) in [6, 6.07) is 18.0. The van der Waals surface area contributed by atoms with Gasteiger partial charge in [-0.15, -0.1) is 0 Å². The largest absolute Gasteiger partial charge is 0.363 e. The van der Waals surface area contributed by atoms with Crippen LogP contribution in [0.5, 0.6) is 0 Å². The third-order valence-corrected chi connectivity index (χ3v) is 3.23. The van der Waals surface area contributed by atoms with Crippen molar-refractivity contribution in [2.45, 2.75) is 6.61 Å². The summed E-state index contributed by atoms with van der Waals surface area (Å²) in [5.74, 6) is 0. The zero-order chi connectivity index (χ0) is 13.4. The molecule has 0 fully saturated rings. The normalized spacial score (nSPS) is 11.2. The first-order valence-electron chi connectivity index (χ1n) is 6.43. The van der Waals surface area contributed by atoms with E-state index in [2.05, 4.69) is 4.98 Å². The molecule has 0 unspecified atom stereocenters. The van der Waals surface area contributed by atoms with Crippen LogP contribution in [0.1, 0.15) is 5.56 Å². The Morgan fingerprint density at radius 3 is 2.70 bits per heavy atom. The number of rotatable bonds is 4. The number of aromatic amines is 1. The molecule has 0 atom stereocenters. The van der Waals surface area contributed by atoms with Crippen molar-refractivity contribution in [2.24, 2.45) is 0 Å². The average molecular weight is 267 g/mol. The number of hydrogen-bond acceptors (Lipinski definition) is 2. The zero-order valence-corrected chi connectivity index (χ0v) is 10.7. The van der Waals surface area contributed by atoms with E-state index in [9.17, 15) is 0 Å². The Morgan fingerprint density at radius 2 is 1.80 bits per heavy atom. The van der Waals surface area contributed by atoms with E-state index in [0.717, 1.165) is 22.2 Å². The summed E-state index contributed by atoms with van der Waals surface area (Å²) < 4.78 is 5.32. The molecule has 0 saturated heterocycles. The minimum atomic E-state index is 0.472. The van der Waals surface area contributed by atoms with Gasteiger partial charge in [0.25, 0.3) is 0 Å². The number of nitrogens with zero attached hydrogens (tertiary/aromatic N) is 2. The van der Waals surface area contributed by atoms with E-state index in [4.69, 9.17) is 9.47 Å².